The molecule has 44 heavy (non-hydrogen) atoms. The Labute approximate surface area is 293 Å². The Morgan fingerprint density at radius 1 is 0.295 bits per heavy atom. The third-order valence-corrected chi connectivity index (χ3v) is 9.31. The number of hydrogen-bond donors (Lipinski definition) is 0. The predicted octanol–water partition coefficient (Wildman–Crippen LogP) is 9.20. The molecule has 2 nitrogen and oxygen atoms in total. The van der Waals surface area contributed by atoms with Gasteiger partial charge in [-0.15, -0.1) is 0 Å². The summed E-state index contributed by atoms with van der Waals surface area (Å²) in [4.78, 5) is 0. The topological polar surface area (TPSA) is 28.2 Å². The first-order chi connectivity index (χ1) is 20.0. The predicted molar refractivity (Wildman–Crippen MR) is 175 cm³/mol. The third kappa shape index (κ3) is 9.26. The van der Waals surface area contributed by atoms with Crippen LogP contribution in [-0.4, -0.2) is 0 Å². The van der Waals surface area contributed by atoms with Crippen molar-refractivity contribution in [1.82, 2.24) is 10.6 Å². The average molecular weight is 664 g/mol. The van der Waals surface area contributed by atoms with E-state index in [2.05, 4.69) is 93.5 Å². The van der Waals surface area contributed by atoms with E-state index in [9.17, 15) is 0 Å². The number of hydrogen-bond acceptors (Lipinski definition) is 0. The van der Waals surface area contributed by atoms with Crippen LogP contribution in [0.15, 0.2) is 60.7 Å². The Hall–Kier alpha value is -0.601. The molecule has 2 aromatic carbocycles. The van der Waals surface area contributed by atoms with Crippen LogP contribution in [0.3, 0.4) is 0 Å². The van der Waals surface area contributed by atoms with Crippen molar-refractivity contribution >= 4 is 0 Å². The Bertz CT molecular complexity index is 888. The second kappa shape index (κ2) is 18.1. The van der Waals surface area contributed by atoms with Gasteiger partial charge in [0.05, 0.1) is 24.2 Å². The molecule has 0 N–H and O–H groups in total. The van der Waals surface area contributed by atoms with E-state index in [0.717, 1.165) is 35.3 Å². The van der Waals surface area contributed by atoms with Gasteiger partial charge in [-0.3, -0.25) is 0 Å². The molecule has 0 aromatic heterocycles. The molecule has 226 valence electrons. The third-order valence-electron chi connectivity index (χ3n) is 9.31. The zero-order chi connectivity index (χ0) is 30.6. The van der Waals surface area contributed by atoms with Gasteiger partial charge in [0.2, 0.25) is 0 Å². The fraction of sp³-hybridized carbons (Fsp3) is 0.250. The van der Waals surface area contributed by atoms with Crippen molar-refractivity contribution < 1.29 is 34.1 Å². The first-order valence-electron chi connectivity index (χ1n) is 14.8. The molecule has 6 rings (SSSR count). The molecule has 2 aliphatic carbocycles. The zero-order valence-corrected chi connectivity index (χ0v) is 29.9. The van der Waals surface area contributed by atoms with Crippen LogP contribution in [0.1, 0.15) is 80.4 Å². The molecular formula is C40H44Fe2N2+4. The van der Waals surface area contributed by atoms with Crippen LogP contribution >= 0.6 is 0 Å². The minimum atomic E-state index is 0. The van der Waals surface area contributed by atoms with Gasteiger partial charge in [0.25, 0.3) is 0 Å². The van der Waals surface area contributed by atoms with Gasteiger partial charge in [-0.25, -0.2) is 10.6 Å². The van der Waals surface area contributed by atoms with Crippen molar-refractivity contribution in [2.75, 3.05) is 0 Å². The first-order valence-corrected chi connectivity index (χ1v) is 14.8. The van der Waals surface area contributed by atoms with Crippen LogP contribution in [-0.2, 0) is 34.1 Å². The van der Waals surface area contributed by atoms with E-state index in [0.29, 0.717) is 0 Å². The second-order valence-electron chi connectivity index (χ2n) is 11.4. The van der Waals surface area contributed by atoms with Gasteiger partial charge in [0, 0.05) is 0 Å². The van der Waals surface area contributed by atoms with Crippen LogP contribution < -0.4 is 10.6 Å². The molecule has 0 bridgehead atoms. The molecule has 2 heterocycles. The van der Waals surface area contributed by atoms with Crippen molar-refractivity contribution in [3.05, 3.63) is 181 Å². The van der Waals surface area contributed by atoms with E-state index >= 15 is 0 Å². The molecule has 2 aromatic rings. The molecular weight excluding hydrogens is 620 g/mol. The van der Waals surface area contributed by atoms with Crippen molar-refractivity contribution in [2.24, 2.45) is 0 Å². The summed E-state index contributed by atoms with van der Waals surface area (Å²) in [5.41, 5.74) is 2.26. The van der Waals surface area contributed by atoms with E-state index in [4.69, 9.17) is 10.6 Å². The summed E-state index contributed by atoms with van der Waals surface area (Å²) in [7, 11) is 0. The maximum Gasteiger partial charge on any atom is 2.00 e. The molecule has 20 radical (unpaired) electrons. The van der Waals surface area contributed by atoms with Crippen LogP contribution in [0.2, 0.25) is 0 Å². The van der Waals surface area contributed by atoms with Gasteiger partial charge >= 0.3 is 34.1 Å². The van der Waals surface area contributed by atoms with Crippen molar-refractivity contribution in [3.8, 4) is 0 Å². The van der Waals surface area contributed by atoms with Crippen LogP contribution in [0.4, 0.5) is 0 Å². The van der Waals surface area contributed by atoms with Gasteiger partial charge < -0.3 is 0 Å². The molecule has 2 saturated carbocycles. The van der Waals surface area contributed by atoms with E-state index in [-0.39, 0.29) is 34.1 Å². The van der Waals surface area contributed by atoms with Gasteiger partial charge in [-0.2, -0.15) is 0 Å². The van der Waals surface area contributed by atoms with E-state index in [1.54, 1.807) is 0 Å². The molecule has 4 aliphatic rings. The smallest absolute Gasteiger partial charge is 0.217 e. The van der Waals surface area contributed by atoms with Gasteiger partial charge in [-0.05, 0) is 96.0 Å². The Morgan fingerprint density at radius 3 is 0.727 bits per heavy atom. The van der Waals surface area contributed by atoms with Gasteiger partial charge in [0.1, 0.15) is 0 Å². The minimum absolute atomic E-state index is 0. The summed E-state index contributed by atoms with van der Waals surface area (Å²) in [6.07, 6.45) is 8.14. The number of nitrogens with zero attached hydrogens (tertiary/aromatic N) is 2. The summed E-state index contributed by atoms with van der Waals surface area (Å²) < 4.78 is 0. The summed E-state index contributed by atoms with van der Waals surface area (Å²) in [5, 5.41) is 9.39. The van der Waals surface area contributed by atoms with Crippen molar-refractivity contribution in [2.45, 2.75) is 69.2 Å². The Morgan fingerprint density at radius 2 is 0.500 bits per heavy atom. The SMILES string of the molecule is C[C]1[C](C)[C](C)[C](C)[C]1C.C[C]1[C](C)[C](C)[C](C)[C]1C.[CH]1[CH][C](c2ccccc2)[N][C]1[C]1[CH][CH][C](c2ccccc2)[N]1.[Fe+2].[Fe+2]. The Balaban J connectivity index is 0.000000259. The molecule has 4 heteroatoms. The standard InChI is InChI=1S/C20H14N2.2C10H15.2Fe/c1-3-7-15(8-4-1)17-11-13-19(21-17)20-14-12-18(22-20)16-9-5-2-6-10-16;2*1-6-7(2)9(4)10(5)8(6)3;;/h1-14H;2*1-5H3;;/q;;;2*+2. The van der Waals surface area contributed by atoms with E-state index in [1.165, 1.54) is 59.2 Å². The van der Waals surface area contributed by atoms with Gasteiger partial charge in [0.15, 0.2) is 0 Å². The molecule has 0 amide bonds. The average Bonchev–Trinajstić information content (AvgIpc) is 3.78. The Kier molecular flexibility index (Phi) is 16.3. The van der Waals surface area contributed by atoms with E-state index in [1.807, 2.05) is 62.1 Å². The maximum absolute atomic E-state index is 4.70. The zero-order valence-electron chi connectivity index (χ0n) is 27.7. The van der Waals surface area contributed by atoms with Crippen LogP contribution in [0, 0.1) is 109 Å². The molecule has 2 aliphatic heterocycles. The molecule has 0 spiro atoms. The fourth-order valence-corrected chi connectivity index (χ4v) is 5.36. The van der Waals surface area contributed by atoms with E-state index < -0.39 is 0 Å². The summed E-state index contributed by atoms with van der Waals surface area (Å²) in [6.45, 7) is 22.0. The van der Waals surface area contributed by atoms with Crippen LogP contribution in [0.25, 0.3) is 0 Å². The van der Waals surface area contributed by atoms with Crippen LogP contribution in [0.5, 0.6) is 0 Å². The maximum atomic E-state index is 4.70. The monoisotopic (exact) mass is 664 g/mol. The van der Waals surface area contributed by atoms with Crippen molar-refractivity contribution in [3.63, 3.8) is 0 Å². The number of benzene rings is 2. The quantitative estimate of drug-likeness (QED) is 0.293. The molecule has 0 atom stereocenters. The summed E-state index contributed by atoms with van der Waals surface area (Å²) in [6, 6.07) is 24.2. The normalized spacial score (nSPS) is 23.8. The molecule has 4 fully saturated rings. The second-order valence-corrected chi connectivity index (χ2v) is 11.4. The summed E-state index contributed by atoms with van der Waals surface area (Å²) in [5.74, 6) is 14.7. The molecule has 2 saturated heterocycles. The minimum Gasteiger partial charge on any atom is -0.217 e. The fourth-order valence-electron chi connectivity index (χ4n) is 5.36. The summed E-state index contributed by atoms with van der Waals surface area (Å²) >= 11 is 0. The largest absolute Gasteiger partial charge is 2.00 e. The van der Waals surface area contributed by atoms with Gasteiger partial charge in [-0.1, -0.05) is 130 Å². The van der Waals surface area contributed by atoms with Crippen molar-refractivity contribution in [1.29, 1.82) is 0 Å². The molecule has 0 unspecified atom stereocenters. The first kappa shape index (κ1) is 39.6. The number of rotatable bonds is 3.